The van der Waals surface area contributed by atoms with Gasteiger partial charge in [0.2, 0.25) is 0 Å². The summed E-state index contributed by atoms with van der Waals surface area (Å²) in [4.78, 5) is 30.0. The first-order chi connectivity index (χ1) is 13.6. The Hall–Kier alpha value is -2.38. The van der Waals surface area contributed by atoms with E-state index in [-0.39, 0.29) is 11.8 Å². The zero-order valence-corrected chi connectivity index (χ0v) is 16.8. The Morgan fingerprint density at radius 2 is 2.04 bits per heavy atom. The molecule has 0 bridgehead atoms. The topological polar surface area (TPSA) is 61.9 Å². The van der Waals surface area contributed by atoms with Crippen LogP contribution in [0.4, 0.5) is 11.4 Å². The van der Waals surface area contributed by atoms with Gasteiger partial charge in [-0.25, -0.2) is 0 Å². The average Bonchev–Trinajstić information content (AvgIpc) is 3.25. The van der Waals surface area contributed by atoms with Gasteiger partial charge in [0.1, 0.15) is 5.75 Å². The van der Waals surface area contributed by atoms with Crippen molar-refractivity contribution < 1.29 is 14.3 Å². The summed E-state index contributed by atoms with van der Waals surface area (Å²) in [5.41, 5.74) is 1.38. The smallest absolute Gasteiger partial charge is 0.267 e. The molecular formula is C21H25N3O3S. The summed E-state index contributed by atoms with van der Waals surface area (Å²) in [6, 6.07) is 9.12. The van der Waals surface area contributed by atoms with Crippen LogP contribution in [0, 0.1) is 0 Å². The first-order valence-electron chi connectivity index (χ1n) is 9.81. The number of rotatable bonds is 5. The van der Waals surface area contributed by atoms with Crippen LogP contribution in [0.25, 0.3) is 0 Å². The Kier molecular flexibility index (Phi) is 5.64. The lowest BCUT2D eigenvalue weighted by Crippen LogP contribution is -2.48. The molecule has 148 valence electrons. The van der Waals surface area contributed by atoms with Crippen molar-refractivity contribution in [1.82, 2.24) is 4.90 Å². The van der Waals surface area contributed by atoms with Gasteiger partial charge in [0.25, 0.3) is 11.8 Å². The molecule has 4 rings (SSSR count). The summed E-state index contributed by atoms with van der Waals surface area (Å²) in [7, 11) is 0. The largest absolute Gasteiger partial charge is 0.479 e. The van der Waals surface area contributed by atoms with E-state index in [9.17, 15) is 9.59 Å². The van der Waals surface area contributed by atoms with Crippen molar-refractivity contribution in [2.24, 2.45) is 0 Å². The number of benzene rings is 1. The lowest BCUT2D eigenvalue weighted by Gasteiger charge is -2.35. The van der Waals surface area contributed by atoms with Crippen molar-refractivity contribution in [2.45, 2.75) is 32.3 Å². The van der Waals surface area contributed by atoms with Gasteiger partial charge >= 0.3 is 0 Å². The predicted molar refractivity (Wildman–Crippen MR) is 111 cm³/mol. The van der Waals surface area contributed by atoms with Crippen LogP contribution < -0.4 is 15.0 Å². The molecule has 0 spiro atoms. The number of carbonyl (C=O) groups is 2. The maximum atomic E-state index is 12.8. The van der Waals surface area contributed by atoms with E-state index in [0.29, 0.717) is 22.9 Å². The van der Waals surface area contributed by atoms with Gasteiger partial charge in [0, 0.05) is 18.8 Å². The number of hydrogen-bond donors (Lipinski definition) is 1. The lowest BCUT2D eigenvalue weighted by molar-refractivity contribution is -0.125. The minimum atomic E-state index is -0.500. The number of anilines is 2. The summed E-state index contributed by atoms with van der Waals surface area (Å²) in [6.45, 7) is 5.45. The summed E-state index contributed by atoms with van der Waals surface area (Å²) < 4.78 is 5.78. The highest BCUT2D eigenvalue weighted by Crippen LogP contribution is 2.36. The summed E-state index contributed by atoms with van der Waals surface area (Å²) >= 11 is 1.40. The van der Waals surface area contributed by atoms with Crippen molar-refractivity contribution in [3.05, 3.63) is 40.6 Å². The third-order valence-corrected chi connectivity index (χ3v) is 6.13. The van der Waals surface area contributed by atoms with Crippen LogP contribution in [0.5, 0.6) is 5.75 Å². The molecule has 28 heavy (non-hydrogen) atoms. The van der Waals surface area contributed by atoms with E-state index in [2.05, 4.69) is 10.2 Å². The number of hydrogen-bond acceptors (Lipinski definition) is 5. The lowest BCUT2D eigenvalue weighted by atomic mass is 10.1. The van der Waals surface area contributed by atoms with Crippen LogP contribution in [0.3, 0.4) is 0 Å². The quantitative estimate of drug-likeness (QED) is 0.835. The van der Waals surface area contributed by atoms with E-state index < -0.39 is 6.10 Å². The molecule has 3 heterocycles. The van der Waals surface area contributed by atoms with E-state index in [4.69, 9.17) is 4.74 Å². The number of piperidine rings is 1. The fourth-order valence-corrected chi connectivity index (χ4v) is 4.36. The number of amides is 2. The fourth-order valence-electron chi connectivity index (χ4n) is 3.74. The molecule has 2 aliphatic rings. The van der Waals surface area contributed by atoms with E-state index in [0.717, 1.165) is 25.3 Å². The number of fused-ring (bicyclic) bond motifs is 1. The second-order valence-electron chi connectivity index (χ2n) is 7.27. The second-order valence-corrected chi connectivity index (χ2v) is 8.21. The molecule has 1 atom stereocenters. The van der Waals surface area contributed by atoms with Gasteiger partial charge in [-0.15, -0.1) is 11.3 Å². The molecule has 2 aromatic rings. The van der Waals surface area contributed by atoms with Crippen molar-refractivity contribution in [3.8, 4) is 5.75 Å². The van der Waals surface area contributed by atoms with Crippen molar-refractivity contribution in [3.63, 3.8) is 0 Å². The molecular weight excluding hydrogens is 374 g/mol. The maximum absolute atomic E-state index is 12.8. The van der Waals surface area contributed by atoms with E-state index in [1.54, 1.807) is 17.9 Å². The Morgan fingerprint density at radius 1 is 1.21 bits per heavy atom. The molecule has 1 aromatic carbocycles. The highest BCUT2D eigenvalue weighted by Gasteiger charge is 2.32. The molecule has 1 aromatic heterocycles. The zero-order chi connectivity index (χ0) is 19.5. The Morgan fingerprint density at radius 3 is 2.79 bits per heavy atom. The summed E-state index contributed by atoms with van der Waals surface area (Å²) in [6.07, 6.45) is 3.24. The number of nitrogens with one attached hydrogen (secondary N) is 1. The van der Waals surface area contributed by atoms with Gasteiger partial charge < -0.3 is 19.9 Å². The van der Waals surface area contributed by atoms with Crippen LogP contribution >= 0.6 is 11.3 Å². The number of likely N-dealkylation sites (tertiary alicyclic amines) is 1. The predicted octanol–water partition coefficient (Wildman–Crippen LogP) is 3.60. The molecule has 1 saturated heterocycles. The number of carbonyl (C=O) groups excluding carboxylic acids is 2. The molecule has 7 heteroatoms. The molecule has 0 radical (unpaired) electrons. The Balaban J connectivity index is 1.52. The normalized spacial score (nSPS) is 19.8. The number of thiophene rings is 1. The van der Waals surface area contributed by atoms with Gasteiger partial charge in [-0.1, -0.05) is 12.5 Å². The summed E-state index contributed by atoms with van der Waals surface area (Å²) in [5.74, 6) is 0.498. The van der Waals surface area contributed by atoms with Gasteiger partial charge in [-0.2, -0.15) is 0 Å². The van der Waals surface area contributed by atoms with Gasteiger partial charge in [-0.3, -0.25) is 9.59 Å². The Labute approximate surface area is 169 Å². The third-order valence-electron chi connectivity index (χ3n) is 5.26. The molecule has 0 saturated carbocycles. The first kappa shape index (κ1) is 19.0. The number of ether oxygens (including phenoxy) is 1. The number of nitrogens with zero attached hydrogens (tertiary/aromatic N) is 2. The molecule has 1 unspecified atom stereocenters. The van der Waals surface area contributed by atoms with Gasteiger partial charge in [0.05, 0.1) is 10.6 Å². The van der Waals surface area contributed by atoms with Crippen LogP contribution in [-0.4, -0.2) is 49.0 Å². The molecule has 2 amide bonds. The summed E-state index contributed by atoms with van der Waals surface area (Å²) in [5, 5.41) is 4.79. The van der Waals surface area contributed by atoms with Gasteiger partial charge in [-0.05, 0) is 62.5 Å². The van der Waals surface area contributed by atoms with Crippen molar-refractivity contribution >= 4 is 34.5 Å². The first-order valence-corrected chi connectivity index (χ1v) is 10.7. The van der Waals surface area contributed by atoms with Gasteiger partial charge in [0.15, 0.2) is 6.10 Å². The average molecular weight is 400 g/mol. The highest BCUT2D eigenvalue weighted by molar-refractivity contribution is 7.12. The third kappa shape index (κ3) is 4.05. The Bertz CT molecular complexity index is 847. The maximum Gasteiger partial charge on any atom is 0.267 e. The highest BCUT2D eigenvalue weighted by atomic mass is 32.1. The van der Waals surface area contributed by atoms with E-state index in [1.807, 2.05) is 29.6 Å². The van der Waals surface area contributed by atoms with E-state index >= 15 is 0 Å². The molecule has 0 aliphatic carbocycles. The fraction of sp³-hybridized carbons (Fsp3) is 0.429. The van der Waals surface area contributed by atoms with Crippen LogP contribution in [-0.2, 0) is 4.79 Å². The molecule has 6 nitrogen and oxygen atoms in total. The van der Waals surface area contributed by atoms with Crippen LogP contribution in [0.15, 0.2) is 35.7 Å². The molecule has 1 fully saturated rings. The van der Waals surface area contributed by atoms with Crippen LogP contribution in [0.2, 0.25) is 0 Å². The van der Waals surface area contributed by atoms with Crippen molar-refractivity contribution in [2.75, 3.05) is 36.4 Å². The van der Waals surface area contributed by atoms with E-state index in [1.165, 1.54) is 30.6 Å². The standard InChI is InChI=1S/C21H25N3O3S/c1-15-21(26)24(12-11-23-9-3-2-4-10-23)17-14-16(7-8-18(17)27-15)22-20(25)19-6-5-13-28-19/h5-8,13-15H,2-4,9-12H2,1H3,(H,22,25). The van der Waals surface area contributed by atoms with Crippen LogP contribution in [0.1, 0.15) is 35.9 Å². The second kappa shape index (κ2) is 8.32. The monoisotopic (exact) mass is 399 g/mol. The minimum absolute atomic E-state index is 0.0359. The van der Waals surface area contributed by atoms with Crippen molar-refractivity contribution in [1.29, 1.82) is 0 Å². The zero-order valence-electron chi connectivity index (χ0n) is 16.0. The molecule has 1 N–H and O–H groups in total. The molecule has 2 aliphatic heterocycles. The minimum Gasteiger partial charge on any atom is -0.479 e. The SMILES string of the molecule is CC1Oc2ccc(NC(=O)c3cccs3)cc2N(CCN2CCCCC2)C1=O.